The molecule has 1 N–H and O–H groups in total. The van der Waals surface area contributed by atoms with Gasteiger partial charge in [-0.3, -0.25) is 19.7 Å². The van der Waals surface area contributed by atoms with Crippen molar-refractivity contribution in [2.75, 3.05) is 13.2 Å². The number of Topliss-reactive ketones (excluding diaryl/α,β-unsaturated/α-hetero) is 1. The van der Waals surface area contributed by atoms with Crippen molar-refractivity contribution in [2.24, 2.45) is 11.3 Å². The standard InChI is InChI=1S/C21H24N2O7/c1-3-14-10-21(14,20(26)29-4-2)11-18(24)17-9-16(12-22-17)30-19(25)13-5-7-15(8-6-13)23(27)28/h3,5-8,14,16-17,22H,1,4,9-12H2,2H3/t14-,16+,17+,21-/m1/s1. The normalized spacial score (nSPS) is 27.2. The third kappa shape index (κ3) is 4.40. The number of carbonyl (C=O) groups excluding carboxylic acids is 3. The van der Waals surface area contributed by atoms with Gasteiger partial charge in [0.05, 0.1) is 28.6 Å². The van der Waals surface area contributed by atoms with E-state index in [-0.39, 0.29) is 41.9 Å². The molecule has 9 heteroatoms. The van der Waals surface area contributed by atoms with Gasteiger partial charge >= 0.3 is 11.9 Å². The molecule has 1 aromatic rings. The van der Waals surface area contributed by atoms with Crippen LogP contribution < -0.4 is 5.32 Å². The van der Waals surface area contributed by atoms with Crippen LogP contribution in [0, 0.1) is 21.4 Å². The van der Waals surface area contributed by atoms with Crippen LogP contribution in [0.3, 0.4) is 0 Å². The molecule has 1 saturated heterocycles. The number of nitrogens with zero attached hydrogens (tertiary/aromatic N) is 1. The van der Waals surface area contributed by atoms with Gasteiger partial charge in [0.1, 0.15) is 6.10 Å². The first-order valence-electron chi connectivity index (χ1n) is 9.82. The number of non-ortho nitro benzene ring substituents is 1. The molecular weight excluding hydrogens is 392 g/mol. The minimum absolute atomic E-state index is 0.0587. The Morgan fingerprint density at radius 1 is 1.33 bits per heavy atom. The number of hydrogen-bond donors (Lipinski definition) is 1. The second-order valence-corrected chi connectivity index (χ2v) is 7.59. The monoisotopic (exact) mass is 416 g/mol. The number of ether oxygens (including phenoxy) is 2. The molecule has 1 aliphatic heterocycles. The number of ketones is 1. The number of allylic oxidation sites excluding steroid dienone is 1. The third-order valence-electron chi connectivity index (χ3n) is 5.66. The zero-order chi connectivity index (χ0) is 21.9. The zero-order valence-corrected chi connectivity index (χ0v) is 16.7. The van der Waals surface area contributed by atoms with E-state index in [1.807, 2.05) is 0 Å². The zero-order valence-electron chi connectivity index (χ0n) is 16.7. The van der Waals surface area contributed by atoms with Crippen molar-refractivity contribution < 1.29 is 28.8 Å². The lowest BCUT2D eigenvalue weighted by Gasteiger charge is -2.17. The lowest BCUT2D eigenvalue weighted by molar-refractivity contribution is -0.384. The summed E-state index contributed by atoms with van der Waals surface area (Å²) >= 11 is 0. The summed E-state index contributed by atoms with van der Waals surface area (Å²) < 4.78 is 10.6. The van der Waals surface area contributed by atoms with Gasteiger partial charge in [0.2, 0.25) is 0 Å². The Morgan fingerprint density at radius 3 is 2.60 bits per heavy atom. The number of carbonyl (C=O) groups is 3. The number of rotatable bonds is 9. The number of nitro benzene ring substituents is 1. The second kappa shape index (κ2) is 8.74. The summed E-state index contributed by atoms with van der Waals surface area (Å²) in [6.45, 7) is 6.01. The van der Waals surface area contributed by atoms with Crippen LogP contribution in [0.15, 0.2) is 36.9 Å². The van der Waals surface area contributed by atoms with Gasteiger partial charge in [0.15, 0.2) is 5.78 Å². The quantitative estimate of drug-likeness (QED) is 0.281. The summed E-state index contributed by atoms with van der Waals surface area (Å²) in [6.07, 6.45) is 2.08. The first-order chi connectivity index (χ1) is 14.3. The number of benzene rings is 1. The van der Waals surface area contributed by atoms with E-state index < -0.39 is 28.5 Å². The predicted molar refractivity (Wildman–Crippen MR) is 106 cm³/mol. The molecule has 9 nitrogen and oxygen atoms in total. The van der Waals surface area contributed by atoms with Crippen LogP contribution in [0.25, 0.3) is 0 Å². The van der Waals surface area contributed by atoms with Gasteiger partial charge in [-0.25, -0.2) is 4.79 Å². The van der Waals surface area contributed by atoms with Crippen molar-refractivity contribution in [3.8, 4) is 0 Å². The summed E-state index contributed by atoms with van der Waals surface area (Å²) in [7, 11) is 0. The van der Waals surface area contributed by atoms with Crippen LogP contribution in [0.4, 0.5) is 5.69 Å². The maximum absolute atomic E-state index is 12.8. The summed E-state index contributed by atoms with van der Waals surface area (Å²) in [5, 5.41) is 13.7. The average molecular weight is 416 g/mol. The second-order valence-electron chi connectivity index (χ2n) is 7.59. The number of nitro groups is 1. The highest BCUT2D eigenvalue weighted by atomic mass is 16.6. The molecule has 0 spiro atoms. The molecule has 1 saturated carbocycles. The summed E-state index contributed by atoms with van der Waals surface area (Å²) in [4.78, 5) is 47.5. The average Bonchev–Trinajstić information content (AvgIpc) is 3.25. The maximum Gasteiger partial charge on any atom is 0.338 e. The fourth-order valence-corrected chi connectivity index (χ4v) is 3.84. The van der Waals surface area contributed by atoms with Crippen molar-refractivity contribution in [1.82, 2.24) is 5.32 Å². The van der Waals surface area contributed by atoms with Crippen LogP contribution in [0.1, 0.15) is 36.5 Å². The Labute approximate surface area is 173 Å². The van der Waals surface area contributed by atoms with E-state index in [1.165, 1.54) is 24.3 Å². The van der Waals surface area contributed by atoms with Crippen molar-refractivity contribution in [3.63, 3.8) is 0 Å². The van der Waals surface area contributed by atoms with Gasteiger partial charge in [-0.2, -0.15) is 0 Å². The number of hydrogen-bond acceptors (Lipinski definition) is 8. The lowest BCUT2D eigenvalue weighted by Crippen LogP contribution is -2.35. The van der Waals surface area contributed by atoms with E-state index in [1.54, 1.807) is 13.0 Å². The van der Waals surface area contributed by atoms with E-state index in [4.69, 9.17) is 9.47 Å². The molecule has 2 fully saturated rings. The Kier molecular flexibility index (Phi) is 6.31. The van der Waals surface area contributed by atoms with Crippen molar-refractivity contribution in [2.45, 2.75) is 38.3 Å². The van der Waals surface area contributed by atoms with Crippen LogP contribution in [0.2, 0.25) is 0 Å². The molecule has 1 aliphatic carbocycles. The Morgan fingerprint density at radius 2 is 2.03 bits per heavy atom. The fraction of sp³-hybridized carbons (Fsp3) is 0.476. The van der Waals surface area contributed by atoms with Crippen LogP contribution in [0.5, 0.6) is 0 Å². The highest BCUT2D eigenvalue weighted by Crippen LogP contribution is 2.57. The fourth-order valence-electron chi connectivity index (χ4n) is 3.84. The number of nitrogens with one attached hydrogen (secondary N) is 1. The van der Waals surface area contributed by atoms with Crippen molar-refractivity contribution in [1.29, 1.82) is 0 Å². The highest BCUT2D eigenvalue weighted by Gasteiger charge is 2.61. The number of esters is 2. The smallest absolute Gasteiger partial charge is 0.338 e. The minimum Gasteiger partial charge on any atom is -0.466 e. The molecule has 0 aromatic heterocycles. The highest BCUT2D eigenvalue weighted by molar-refractivity contribution is 5.93. The van der Waals surface area contributed by atoms with Crippen LogP contribution in [-0.4, -0.2) is 47.9 Å². The van der Waals surface area contributed by atoms with Gasteiger partial charge in [0.25, 0.3) is 5.69 Å². The summed E-state index contributed by atoms with van der Waals surface area (Å²) in [6, 6.07) is 4.61. The third-order valence-corrected chi connectivity index (χ3v) is 5.66. The molecular formula is C21H24N2O7. The molecule has 0 radical (unpaired) electrons. The largest absolute Gasteiger partial charge is 0.466 e. The van der Waals surface area contributed by atoms with Gasteiger partial charge < -0.3 is 14.8 Å². The molecule has 0 unspecified atom stereocenters. The molecule has 4 atom stereocenters. The molecule has 1 aromatic carbocycles. The lowest BCUT2D eigenvalue weighted by atomic mass is 9.92. The van der Waals surface area contributed by atoms with E-state index in [0.717, 1.165) is 0 Å². The molecule has 3 rings (SSSR count). The molecule has 2 aliphatic rings. The van der Waals surface area contributed by atoms with E-state index in [0.29, 0.717) is 19.4 Å². The van der Waals surface area contributed by atoms with Gasteiger partial charge in [0, 0.05) is 31.5 Å². The Bertz CT molecular complexity index is 867. The molecule has 1 heterocycles. The maximum atomic E-state index is 12.8. The Hall–Kier alpha value is -3.07. The predicted octanol–water partition coefficient (Wildman–Crippen LogP) is 2.20. The van der Waals surface area contributed by atoms with E-state index in [9.17, 15) is 24.5 Å². The Balaban J connectivity index is 1.55. The van der Waals surface area contributed by atoms with Gasteiger partial charge in [-0.1, -0.05) is 6.08 Å². The molecule has 0 bridgehead atoms. The summed E-state index contributed by atoms with van der Waals surface area (Å²) in [5.74, 6) is -1.18. The van der Waals surface area contributed by atoms with Crippen molar-refractivity contribution >= 4 is 23.4 Å². The first kappa shape index (κ1) is 21.6. The van der Waals surface area contributed by atoms with E-state index in [2.05, 4.69) is 11.9 Å². The first-order valence-corrected chi connectivity index (χ1v) is 9.82. The molecule has 30 heavy (non-hydrogen) atoms. The minimum atomic E-state index is -0.829. The van der Waals surface area contributed by atoms with E-state index >= 15 is 0 Å². The topological polar surface area (TPSA) is 125 Å². The molecule has 0 amide bonds. The molecule has 160 valence electrons. The van der Waals surface area contributed by atoms with Gasteiger partial charge in [-0.15, -0.1) is 6.58 Å². The van der Waals surface area contributed by atoms with Crippen molar-refractivity contribution in [3.05, 3.63) is 52.6 Å². The summed E-state index contributed by atoms with van der Waals surface area (Å²) in [5.41, 5.74) is -0.749. The van der Waals surface area contributed by atoms with Gasteiger partial charge in [-0.05, 0) is 31.4 Å². The van der Waals surface area contributed by atoms with Crippen LogP contribution in [-0.2, 0) is 19.1 Å². The van der Waals surface area contributed by atoms with Crippen LogP contribution >= 0.6 is 0 Å². The SMILES string of the molecule is C=C[C@@H]1C[C@]1(CC(=O)[C@@H]1C[C@H](OC(=O)c2ccc([N+](=O)[O-])cc2)CN1)C(=O)OCC.